The van der Waals surface area contributed by atoms with Gasteiger partial charge in [0.25, 0.3) is 0 Å². The van der Waals surface area contributed by atoms with Crippen LogP contribution in [0.5, 0.6) is 0 Å². The molecule has 6 heteroatoms. The fourth-order valence-electron chi connectivity index (χ4n) is 2.70. The molecule has 1 aliphatic rings. The van der Waals surface area contributed by atoms with Crippen molar-refractivity contribution in [3.8, 4) is 11.6 Å². The van der Waals surface area contributed by atoms with Crippen LogP contribution in [0.1, 0.15) is 31.6 Å². The third-order valence-corrected chi connectivity index (χ3v) is 3.82. The van der Waals surface area contributed by atoms with Gasteiger partial charge in [0.05, 0.1) is 12.5 Å². The number of aromatic nitrogens is 4. The first-order chi connectivity index (χ1) is 9.24. The maximum absolute atomic E-state index is 10.1. The molecule has 0 radical (unpaired) electrons. The van der Waals surface area contributed by atoms with Gasteiger partial charge in [-0.2, -0.15) is 4.98 Å². The van der Waals surface area contributed by atoms with E-state index >= 15 is 0 Å². The first-order valence-electron chi connectivity index (χ1n) is 6.72. The van der Waals surface area contributed by atoms with Crippen LogP contribution in [0.15, 0.2) is 16.9 Å². The molecular formula is C13H18N4O2. The van der Waals surface area contributed by atoms with Gasteiger partial charge in [-0.3, -0.25) is 0 Å². The molecule has 0 amide bonds. The summed E-state index contributed by atoms with van der Waals surface area (Å²) < 4.78 is 7.03. The quantitative estimate of drug-likeness (QED) is 0.904. The average Bonchev–Trinajstić information content (AvgIpc) is 3.08. The van der Waals surface area contributed by atoms with Crippen molar-refractivity contribution in [3.05, 3.63) is 18.3 Å². The van der Waals surface area contributed by atoms with Crippen LogP contribution in [0.3, 0.4) is 0 Å². The molecule has 2 heterocycles. The predicted molar refractivity (Wildman–Crippen MR) is 68.2 cm³/mol. The van der Waals surface area contributed by atoms with E-state index in [9.17, 15) is 5.11 Å². The second-order valence-corrected chi connectivity index (χ2v) is 5.19. The number of aryl methyl sites for hydroxylation is 1. The first-order valence-corrected chi connectivity index (χ1v) is 6.72. The Morgan fingerprint density at radius 1 is 1.47 bits per heavy atom. The van der Waals surface area contributed by atoms with Gasteiger partial charge >= 0.3 is 0 Å². The second kappa shape index (κ2) is 5.13. The van der Waals surface area contributed by atoms with Crippen LogP contribution < -0.4 is 0 Å². The highest BCUT2D eigenvalue weighted by atomic mass is 16.5. The second-order valence-electron chi connectivity index (χ2n) is 5.19. The number of aliphatic hydroxyl groups excluding tert-OH is 1. The summed E-state index contributed by atoms with van der Waals surface area (Å²) in [5.74, 6) is 2.01. The molecule has 1 fully saturated rings. The van der Waals surface area contributed by atoms with E-state index in [0.29, 0.717) is 29.9 Å². The molecule has 1 aliphatic carbocycles. The molecular weight excluding hydrogens is 244 g/mol. The van der Waals surface area contributed by atoms with Crippen LogP contribution in [0.2, 0.25) is 0 Å². The predicted octanol–water partition coefficient (Wildman–Crippen LogP) is 1.56. The number of hydrogen-bond donors (Lipinski definition) is 1. The highest BCUT2D eigenvalue weighted by molar-refractivity contribution is 5.42. The van der Waals surface area contributed by atoms with Crippen molar-refractivity contribution >= 4 is 0 Å². The Morgan fingerprint density at radius 3 is 2.95 bits per heavy atom. The molecule has 1 unspecified atom stereocenters. The van der Waals surface area contributed by atoms with E-state index in [-0.39, 0.29) is 6.10 Å². The first kappa shape index (κ1) is 12.3. The van der Waals surface area contributed by atoms with Crippen molar-refractivity contribution in [1.29, 1.82) is 0 Å². The van der Waals surface area contributed by atoms with Gasteiger partial charge in [0.15, 0.2) is 5.82 Å². The van der Waals surface area contributed by atoms with Crippen LogP contribution >= 0.6 is 0 Å². The van der Waals surface area contributed by atoms with Crippen molar-refractivity contribution in [2.45, 2.75) is 38.2 Å². The molecule has 0 spiro atoms. The highest BCUT2D eigenvalue weighted by Crippen LogP contribution is 2.29. The van der Waals surface area contributed by atoms with E-state index in [1.807, 2.05) is 17.8 Å². The van der Waals surface area contributed by atoms with Crippen LogP contribution in [0.25, 0.3) is 11.6 Å². The minimum Gasteiger partial charge on any atom is -0.392 e. The third kappa shape index (κ3) is 2.53. The summed E-state index contributed by atoms with van der Waals surface area (Å²) in [5.41, 5.74) is 0. The number of nitrogens with zero attached hydrogens (tertiary/aromatic N) is 4. The minimum absolute atomic E-state index is 0.378. The monoisotopic (exact) mass is 262 g/mol. The van der Waals surface area contributed by atoms with E-state index in [4.69, 9.17) is 4.52 Å². The summed E-state index contributed by atoms with van der Waals surface area (Å²) in [7, 11) is 1.88. The Balaban J connectivity index is 1.69. The van der Waals surface area contributed by atoms with Crippen molar-refractivity contribution in [2.24, 2.45) is 13.0 Å². The Bertz CT molecular complexity index is 542. The lowest BCUT2D eigenvalue weighted by molar-refractivity contribution is 0.102. The number of aliphatic hydroxyl groups is 1. The van der Waals surface area contributed by atoms with Gasteiger partial charge in [-0.1, -0.05) is 18.0 Å². The van der Waals surface area contributed by atoms with E-state index < -0.39 is 0 Å². The molecule has 3 rings (SSSR count). The topological polar surface area (TPSA) is 77.0 Å². The molecule has 6 nitrogen and oxygen atoms in total. The largest absolute Gasteiger partial charge is 0.392 e. The molecule has 1 saturated carbocycles. The summed E-state index contributed by atoms with van der Waals surface area (Å²) in [4.78, 5) is 8.48. The smallest absolute Gasteiger partial charge is 0.238 e. The van der Waals surface area contributed by atoms with Crippen molar-refractivity contribution in [2.75, 3.05) is 0 Å². The maximum atomic E-state index is 10.1. The Morgan fingerprint density at radius 2 is 2.26 bits per heavy atom. The molecule has 0 bridgehead atoms. The van der Waals surface area contributed by atoms with Gasteiger partial charge < -0.3 is 14.2 Å². The molecule has 2 aromatic heterocycles. The lowest BCUT2D eigenvalue weighted by Crippen LogP contribution is -2.20. The average molecular weight is 262 g/mol. The van der Waals surface area contributed by atoms with Crippen LogP contribution in [0.4, 0.5) is 0 Å². The van der Waals surface area contributed by atoms with Crippen molar-refractivity contribution in [1.82, 2.24) is 19.7 Å². The Hall–Kier alpha value is -1.69. The third-order valence-electron chi connectivity index (χ3n) is 3.82. The number of imidazole rings is 1. The lowest BCUT2D eigenvalue weighted by Gasteiger charge is -2.14. The van der Waals surface area contributed by atoms with Gasteiger partial charge in [0.2, 0.25) is 11.7 Å². The molecule has 102 valence electrons. The Labute approximate surface area is 111 Å². The van der Waals surface area contributed by atoms with Gasteiger partial charge in [-0.15, -0.1) is 0 Å². The number of rotatable bonds is 4. The molecule has 0 aromatic carbocycles. The van der Waals surface area contributed by atoms with Gasteiger partial charge in [0, 0.05) is 19.4 Å². The molecule has 19 heavy (non-hydrogen) atoms. The van der Waals surface area contributed by atoms with Gasteiger partial charge in [-0.05, 0) is 18.8 Å². The maximum Gasteiger partial charge on any atom is 0.238 e. The zero-order valence-electron chi connectivity index (χ0n) is 11.0. The minimum atomic E-state index is -0.378. The summed E-state index contributed by atoms with van der Waals surface area (Å²) in [6.45, 7) is 0. The fourth-order valence-corrected chi connectivity index (χ4v) is 2.70. The normalized spacial score (nSPS) is 18.0. The molecule has 0 aliphatic heterocycles. The van der Waals surface area contributed by atoms with E-state index in [1.54, 1.807) is 6.20 Å². The Kier molecular flexibility index (Phi) is 3.33. The standard InChI is InChI=1S/C13H18N4O2/c1-17-7-6-14-13(17)12-15-11(19-16-12)8-10(18)9-4-2-3-5-9/h6-7,9-10,18H,2-5,8H2,1H3. The van der Waals surface area contributed by atoms with Crippen LogP contribution in [0, 0.1) is 5.92 Å². The van der Waals surface area contributed by atoms with Crippen molar-refractivity contribution in [3.63, 3.8) is 0 Å². The lowest BCUT2D eigenvalue weighted by atomic mass is 9.98. The van der Waals surface area contributed by atoms with E-state index in [2.05, 4.69) is 15.1 Å². The molecule has 1 atom stereocenters. The SMILES string of the molecule is Cn1ccnc1-c1noc(CC(O)C2CCCC2)n1. The zero-order chi connectivity index (χ0) is 13.2. The van der Waals surface area contributed by atoms with E-state index in [1.165, 1.54) is 12.8 Å². The molecule has 2 aromatic rings. The number of hydrogen-bond acceptors (Lipinski definition) is 5. The summed E-state index contributed by atoms with van der Waals surface area (Å²) in [6, 6.07) is 0. The van der Waals surface area contributed by atoms with Crippen LogP contribution in [-0.4, -0.2) is 30.9 Å². The zero-order valence-corrected chi connectivity index (χ0v) is 11.0. The molecule has 0 saturated heterocycles. The summed E-state index contributed by atoms with van der Waals surface area (Å²) in [5, 5.41) is 14.1. The fraction of sp³-hybridized carbons (Fsp3) is 0.615. The van der Waals surface area contributed by atoms with Crippen LogP contribution in [-0.2, 0) is 13.5 Å². The van der Waals surface area contributed by atoms with Crippen molar-refractivity contribution < 1.29 is 9.63 Å². The summed E-state index contributed by atoms with van der Waals surface area (Å²) >= 11 is 0. The highest BCUT2D eigenvalue weighted by Gasteiger charge is 2.25. The van der Waals surface area contributed by atoms with Gasteiger partial charge in [0.1, 0.15) is 0 Å². The van der Waals surface area contributed by atoms with E-state index in [0.717, 1.165) is 12.8 Å². The summed E-state index contributed by atoms with van der Waals surface area (Å²) in [6.07, 6.45) is 8.20. The van der Waals surface area contributed by atoms with Gasteiger partial charge in [-0.25, -0.2) is 4.98 Å². The molecule has 1 N–H and O–H groups in total.